The van der Waals surface area contributed by atoms with Gasteiger partial charge in [0.15, 0.2) is 0 Å². The van der Waals surface area contributed by atoms with Crippen LogP contribution in [0.2, 0.25) is 0 Å². The summed E-state index contributed by atoms with van der Waals surface area (Å²) in [6.45, 7) is 8.75. The van der Waals surface area contributed by atoms with E-state index in [1.165, 1.54) is 0 Å². The number of nitrogens with zero attached hydrogens (tertiary/aromatic N) is 1. The molecule has 2 nitrogen and oxygen atoms in total. The fraction of sp³-hybridized carbons (Fsp3) is 0.471. The lowest BCUT2D eigenvalue weighted by Gasteiger charge is -2.35. The first-order valence-electron chi connectivity index (χ1n) is 7.39. The van der Waals surface area contributed by atoms with E-state index in [2.05, 4.69) is 32.6 Å². The van der Waals surface area contributed by atoms with E-state index in [9.17, 15) is 4.79 Å². The molecular formula is C17H23NOS. The summed E-state index contributed by atoms with van der Waals surface area (Å²) in [7, 11) is 0. The Hall–Kier alpha value is -1.35. The molecule has 2 atom stereocenters. The lowest BCUT2D eigenvalue weighted by Crippen LogP contribution is -2.42. The van der Waals surface area contributed by atoms with Gasteiger partial charge in [-0.3, -0.25) is 4.79 Å². The molecule has 3 heteroatoms. The van der Waals surface area contributed by atoms with Gasteiger partial charge in [-0.25, -0.2) is 0 Å². The number of hydrogen-bond acceptors (Lipinski definition) is 3. The molecule has 0 N–H and O–H groups in total. The topological polar surface area (TPSA) is 20.3 Å². The highest BCUT2D eigenvalue weighted by atomic mass is 32.1. The number of rotatable bonds is 5. The van der Waals surface area contributed by atoms with Gasteiger partial charge in [0.25, 0.3) is 0 Å². The normalized spacial score (nSPS) is 14.2. The standard InChI is InChI=1S/C17H23NOS/c1-5-12(3)18(13(4)6-2)15-11-20-16-10-8-7-9-14(16)17(15)19/h7-13H,5-6H2,1-4H3. The van der Waals surface area contributed by atoms with Crippen LogP contribution in [0.25, 0.3) is 10.1 Å². The maximum Gasteiger partial charge on any atom is 0.211 e. The monoisotopic (exact) mass is 289 g/mol. The van der Waals surface area contributed by atoms with Crippen molar-refractivity contribution in [1.29, 1.82) is 0 Å². The lowest BCUT2D eigenvalue weighted by molar-refractivity contribution is 0.527. The summed E-state index contributed by atoms with van der Waals surface area (Å²) < 4.78 is 1.06. The molecule has 108 valence electrons. The first kappa shape index (κ1) is 15.0. The molecule has 0 spiro atoms. The molecule has 0 saturated heterocycles. The lowest BCUT2D eigenvalue weighted by atomic mass is 10.1. The Labute approximate surface area is 125 Å². The summed E-state index contributed by atoms with van der Waals surface area (Å²) in [6.07, 6.45) is 2.09. The molecule has 0 bridgehead atoms. The third-order valence-electron chi connectivity index (χ3n) is 4.07. The Balaban J connectivity index is 2.59. The van der Waals surface area contributed by atoms with E-state index in [4.69, 9.17) is 0 Å². The zero-order chi connectivity index (χ0) is 14.7. The quantitative estimate of drug-likeness (QED) is 0.797. The minimum Gasteiger partial charge on any atom is -0.362 e. The van der Waals surface area contributed by atoms with Crippen LogP contribution in [0, 0.1) is 0 Å². The van der Waals surface area contributed by atoms with Crippen LogP contribution in [-0.2, 0) is 0 Å². The molecule has 2 unspecified atom stereocenters. The molecule has 0 aliphatic rings. The van der Waals surface area contributed by atoms with Crippen LogP contribution in [0.3, 0.4) is 0 Å². The average Bonchev–Trinajstić information content (AvgIpc) is 2.49. The van der Waals surface area contributed by atoms with Gasteiger partial charge < -0.3 is 4.90 Å². The summed E-state index contributed by atoms with van der Waals surface area (Å²) in [5.74, 6) is 0. The summed E-state index contributed by atoms with van der Waals surface area (Å²) in [5.41, 5.74) is 1.03. The van der Waals surface area contributed by atoms with Gasteiger partial charge in [0.05, 0.1) is 5.69 Å². The molecule has 2 aromatic rings. The van der Waals surface area contributed by atoms with Crippen LogP contribution < -0.4 is 10.3 Å². The number of fused-ring (bicyclic) bond motifs is 1. The van der Waals surface area contributed by atoms with Crippen LogP contribution in [0.1, 0.15) is 40.5 Å². The summed E-state index contributed by atoms with van der Waals surface area (Å²) in [6, 6.07) is 8.64. The minimum absolute atomic E-state index is 0.167. The van der Waals surface area contributed by atoms with Crippen molar-refractivity contribution in [2.24, 2.45) is 0 Å². The van der Waals surface area contributed by atoms with Crippen molar-refractivity contribution < 1.29 is 0 Å². The molecule has 20 heavy (non-hydrogen) atoms. The highest BCUT2D eigenvalue weighted by Gasteiger charge is 2.21. The van der Waals surface area contributed by atoms with Gasteiger partial charge in [0.2, 0.25) is 5.43 Å². The van der Waals surface area contributed by atoms with Crippen LogP contribution in [0.4, 0.5) is 5.69 Å². The Morgan fingerprint density at radius 1 is 1.10 bits per heavy atom. The Morgan fingerprint density at radius 3 is 2.30 bits per heavy atom. The maximum absolute atomic E-state index is 12.8. The van der Waals surface area contributed by atoms with E-state index in [1.807, 2.05) is 29.6 Å². The van der Waals surface area contributed by atoms with Gasteiger partial charge in [-0.2, -0.15) is 0 Å². The fourth-order valence-corrected chi connectivity index (χ4v) is 3.46. The van der Waals surface area contributed by atoms with Crippen molar-refractivity contribution in [3.05, 3.63) is 39.9 Å². The van der Waals surface area contributed by atoms with E-state index in [0.29, 0.717) is 12.1 Å². The second-order valence-electron chi connectivity index (χ2n) is 5.37. The highest BCUT2D eigenvalue weighted by molar-refractivity contribution is 7.16. The van der Waals surface area contributed by atoms with Gasteiger partial charge in [-0.1, -0.05) is 26.0 Å². The van der Waals surface area contributed by atoms with E-state index in [1.54, 1.807) is 11.3 Å². The van der Waals surface area contributed by atoms with Crippen LogP contribution in [-0.4, -0.2) is 12.1 Å². The first-order chi connectivity index (χ1) is 9.60. The molecular weight excluding hydrogens is 266 g/mol. The van der Waals surface area contributed by atoms with Crippen molar-refractivity contribution in [2.45, 2.75) is 52.6 Å². The SMILES string of the molecule is CCC(C)N(c1csc2ccccc2c1=O)C(C)CC. The van der Waals surface area contributed by atoms with Gasteiger partial charge in [0.1, 0.15) is 0 Å². The summed E-state index contributed by atoms with van der Waals surface area (Å²) in [5, 5.41) is 2.87. The third-order valence-corrected chi connectivity index (χ3v) is 5.02. The fourth-order valence-electron chi connectivity index (χ4n) is 2.55. The zero-order valence-electron chi connectivity index (χ0n) is 12.7. The average molecular weight is 289 g/mol. The molecule has 1 heterocycles. The summed E-state index contributed by atoms with van der Waals surface area (Å²) in [4.78, 5) is 15.1. The molecule has 0 aliphatic heterocycles. The van der Waals surface area contributed by atoms with E-state index in [0.717, 1.165) is 28.6 Å². The molecule has 0 radical (unpaired) electrons. The minimum atomic E-state index is 0.167. The van der Waals surface area contributed by atoms with Gasteiger partial charge in [-0.05, 0) is 38.8 Å². The summed E-state index contributed by atoms with van der Waals surface area (Å²) >= 11 is 1.66. The number of hydrogen-bond donors (Lipinski definition) is 0. The van der Waals surface area contributed by atoms with E-state index in [-0.39, 0.29) is 5.43 Å². The molecule has 0 saturated carbocycles. The zero-order valence-corrected chi connectivity index (χ0v) is 13.5. The van der Waals surface area contributed by atoms with E-state index < -0.39 is 0 Å². The maximum atomic E-state index is 12.8. The smallest absolute Gasteiger partial charge is 0.211 e. The van der Waals surface area contributed by atoms with Crippen molar-refractivity contribution in [1.82, 2.24) is 0 Å². The van der Waals surface area contributed by atoms with Gasteiger partial charge in [-0.15, -0.1) is 11.3 Å². The largest absolute Gasteiger partial charge is 0.362 e. The van der Waals surface area contributed by atoms with Crippen molar-refractivity contribution in [3.8, 4) is 0 Å². The van der Waals surface area contributed by atoms with Crippen LogP contribution >= 0.6 is 11.3 Å². The van der Waals surface area contributed by atoms with Crippen molar-refractivity contribution >= 4 is 27.1 Å². The van der Waals surface area contributed by atoms with Crippen LogP contribution in [0.5, 0.6) is 0 Å². The van der Waals surface area contributed by atoms with E-state index >= 15 is 0 Å². The van der Waals surface area contributed by atoms with Crippen molar-refractivity contribution in [3.63, 3.8) is 0 Å². The second kappa shape index (κ2) is 6.40. The van der Waals surface area contributed by atoms with Crippen molar-refractivity contribution in [2.75, 3.05) is 4.90 Å². The Bertz CT molecular complexity index is 624. The molecule has 1 aromatic heterocycles. The molecule has 0 amide bonds. The third kappa shape index (κ3) is 2.73. The number of anilines is 1. The predicted molar refractivity (Wildman–Crippen MR) is 90.1 cm³/mol. The molecule has 2 rings (SSSR count). The molecule has 1 aromatic carbocycles. The Morgan fingerprint density at radius 2 is 1.70 bits per heavy atom. The first-order valence-corrected chi connectivity index (χ1v) is 8.27. The second-order valence-corrected chi connectivity index (χ2v) is 6.28. The number of benzene rings is 1. The molecule has 0 aliphatic carbocycles. The van der Waals surface area contributed by atoms with Crippen LogP contribution in [0.15, 0.2) is 34.4 Å². The predicted octanol–water partition coefficient (Wildman–Crippen LogP) is 4.66. The highest BCUT2D eigenvalue weighted by Crippen LogP contribution is 2.25. The Kier molecular flexibility index (Phi) is 4.81. The van der Waals surface area contributed by atoms with Gasteiger partial charge in [0, 0.05) is 27.5 Å². The van der Waals surface area contributed by atoms with Gasteiger partial charge >= 0.3 is 0 Å². The molecule has 0 fully saturated rings.